The zero-order valence-corrected chi connectivity index (χ0v) is 10.3. The number of hydrogen-bond acceptors (Lipinski definition) is 2. The first-order chi connectivity index (χ1) is 7.11. The molecule has 1 aliphatic rings. The molecular formula is C12H17ClN2O. The Morgan fingerprint density at radius 1 is 1.38 bits per heavy atom. The summed E-state index contributed by atoms with van der Waals surface area (Å²) < 4.78 is 0. The van der Waals surface area contributed by atoms with Crippen LogP contribution in [0.1, 0.15) is 25.5 Å². The maximum atomic E-state index is 11.9. The highest BCUT2D eigenvalue weighted by molar-refractivity contribution is 6.04. The van der Waals surface area contributed by atoms with Crippen LogP contribution in [0.15, 0.2) is 24.3 Å². The second-order valence-corrected chi connectivity index (χ2v) is 4.38. The number of carbonyl (C=O) groups excluding carboxylic acids is 1. The SMILES string of the molecule is CC(C)CN1C(=O)C(N)c2ccccc21.Cl. The van der Waals surface area contributed by atoms with Gasteiger partial charge in [-0.05, 0) is 12.0 Å². The summed E-state index contributed by atoms with van der Waals surface area (Å²) in [5.41, 5.74) is 7.79. The molecule has 1 heterocycles. The fourth-order valence-corrected chi connectivity index (χ4v) is 1.97. The van der Waals surface area contributed by atoms with Crippen LogP contribution in [0.2, 0.25) is 0 Å². The van der Waals surface area contributed by atoms with Crippen LogP contribution in [-0.2, 0) is 4.79 Å². The van der Waals surface area contributed by atoms with Crippen molar-refractivity contribution >= 4 is 24.0 Å². The summed E-state index contributed by atoms with van der Waals surface area (Å²) in [5.74, 6) is 0.470. The summed E-state index contributed by atoms with van der Waals surface area (Å²) in [6, 6.07) is 7.28. The summed E-state index contributed by atoms with van der Waals surface area (Å²) in [7, 11) is 0. The van der Waals surface area contributed by atoms with Crippen LogP contribution in [0.25, 0.3) is 0 Å². The molecule has 4 heteroatoms. The van der Waals surface area contributed by atoms with Crippen LogP contribution < -0.4 is 10.6 Å². The number of nitrogens with zero attached hydrogens (tertiary/aromatic N) is 1. The molecule has 1 amide bonds. The Balaban J connectivity index is 0.00000128. The summed E-state index contributed by atoms with van der Waals surface area (Å²) in [4.78, 5) is 13.7. The summed E-state index contributed by atoms with van der Waals surface area (Å²) in [6.45, 7) is 4.93. The van der Waals surface area contributed by atoms with Crippen LogP contribution in [-0.4, -0.2) is 12.5 Å². The molecule has 1 aromatic carbocycles. The number of anilines is 1. The molecule has 0 aliphatic carbocycles. The van der Waals surface area contributed by atoms with Gasteiger partial charge < -0.3 is 10.6 Å². The number of nitrogens with two attached hydrogens (primary N) is 1. The van der Waals surface area contributed by atoms with Gasteiger partial charge in [-0.2, -0.15) is 0 Å². The number of carbonyl (C=O) groups is 1. The number of amides is 1. The molecule has 1 atom stereocenters. The zero-order valence-electron chi connectivity index (χ0n) is 9.51. The third-order valence-corrected chi connectivity index (χ3v) is 2.64. The van der Waals surface area contributed by atoms with Crippen molar-refractivity contribution in [1.29, 1.82) is 0 Å². The van der Waals surface area contributed by atoms with Crippen molar-refractivity contribution in [2.45, 2.75) is 19.9 Å². The van der Waals surface area contributed by atoms with E-state index < -0.39 is 6.04 Å². The fourth-order valence-electron chi connectivity index (χ4n) is 1.97. The smallest absolute Gasteiger partial charge is 0.248 e. The first-order valence-electron chi connectivity index (χ1n) is 5.27. The Morgan fingerprint density at radius 3 is 2.62 bits per heavy atom. The molecule has 0 saturated heterocycles. The van der Waals surface area contributed by atoms with Gasteiger partial charge in [0.15, 0.2) is 0 Å². The quantitative estimate of drug-likeness (QED) is 0.861. The van der Waals surface area contributed by atoms with Gasteiger partial charge in [-0.25, -0.2) is 0 Å². The van der Waals surface area contributed by atoms with E-state index in [-0.39, 0.29) is 18.3 Å². The second-order valence-electron chi connectivity index (χ2n) is 4.38. The Hall–Kier alpha value is -1.06. The molecule has 0 spiro atoms. The van der Waals surface area contributed by atoms with Crippen molar-refractivity contribution in [2.24, 2.45) is 11.7 Å². The van der Waals surface area contributed by atoms with Crippen LogP contribution in [0.4, 0.5) is 5.69 Å². The van der Waals surface area contributed by atoms with Gasteiger partial charge in [0.25, 0.3) is 0 Å². The zero-order chi connectivity index (χ0) is 11.0. The molecule has 1 aliphatic heterocycles. The van der Waals surface area contributed by atoms with Gasteiger partial charge in [0.05, 0.1) is 0 Å². The molecule has 1 unspecified atom stereocenters. The van der Waals surface area contributed by atoms with E-state index in [1.54, 1.807) is 4.90 Å². The van der Waals surface area contributed by atoms with E-state index in [9.17, 15) is 4.79 Å². The lowest BCUT2D eigenvalue weighted by atomic mass is 10.1. The highest BCUT2D eigenvalue weighted by Crippen LogP contribution is 2.34. The summed E-state index contributed by atoms with van der Waals surface area (Å²) in [5, 5.41) is 0. The average molecular weight is 241 g/mol. The lowest BCUT2D eigenvalue weighted by Gasteiger charge is -2.19. The van der Waals surface area contributed by atoms with Gasteiger partial charge in [0, 0.05) is 17.8 Å². The van der Waals surface area contributed by atoms with Crippen molar-refractivity contribution < 1.29 is 4.79 Å². The van der Waals surface area contributed by atoms with Gasteiger partial charge in [0.2, 0.25) is 5.91 Å². The van der Waals surface area contributed by atoms with E-state index in [0.717, 1.165) is 17.8 Å². The Morgan fingerprint density at radius 2 is 2.00 bits per heavy atom. The molecule has 3 nitrogen and oxygen atoms in total. The van der Waals surface area contributed by atoms with Gasteiger partial charge in [-0.1, -0.05) is 32.0 Å². The van der Waals surface area contributed by atoms with E-state index in [4.69, 9.17) is 5.73 Å². The Labute approximate surface area is 102 Å². The lowest BCUT2D eigenvalue weighted by Crippen LogP contribution is -2.34. The summed E-state index contributed by atoms with van der Waals surface area (Å²) >= 11 is 0. The van der Waals surface area contributed by atoms with Crippen molar-refractivity contribution in [3.63, 3.8) is 0 Å². The van der Waals surface area contributed by atoms with E-state index in [2.05, 4.69) is 13.8 Å². The predicted octanol–water partition coefficient (Wildman–Crippen LogP) is 2.11. The molecule has 0 fully saturated rings. The van der Waals surface area contributed by atoms with E-state index in [1.165, 1.54) is 0 Å². The molecule has 0 bridgehead atoms. The molecule has 2 N–H and O–H groups in total. The minimum absolute atomic E-state index is 0. The van der Waals surface area contributed by atoms with Crippen molar-refractivity contribution in [3.8, 4) is 0 Å². The van der Waals surface area contributed by atoms with Crippen molar-refractivity contribution in [3.05, 3.63) is 29.8 Å². The van der Waals surface area contributed by atoms with Gasteiger partial charge in [-0.3, -0.25) is 4.79 Å². The average Bonchev–Trinajstić information content (AvgIpc) is 2.44. The molecule has 0 aromatic heterocycles. The normalized spacial score (nSPS) is 18.6. The Kier molecular flexibility index (Phi) is 3.94. The standard InChI is InChI=1S/C12H16N2O.ClH/c1-8(2)7-14-10-6-4-3-5-9(10)11(13)12(14)15;/h3-6,8,11H,7,13H2,1-2H3;1H. The Bertz CT molecular complexity index is 392. The molecular weight excluding hydrogens is 224 g/mol. The van der Waals surface area contributed by atoms with Gasteiger partial charge >= 0.3 is 0 Å². The maximum Gasteiger partial charge on any atom is 0.248 e. The molecule has 16 heavy (non-hydrogen) atoms. The molecule has 2 rings (SSSR count). The highest BCUT2D eigenvalue weighted by atomic mass is 35.5. The largest absolute Gasteiger partial charge is 0.316 e. The molecule has 88 valence electrons. The third kappa shape index (κ3) is 2.06. The molecule has 0 radical (unpaired) electrons. The van der Waals surface area contributed by atoms with E-state index in [0.29, 0.717) is 5.92 Å². The van der Waals surface area contributed by atoms with Gasteiger partial charge in [0.1, 0.15) is 6.04 Å². The summed E-state index contributed by atoms with van der Waals surface area (Å²) in [6.07, 6.45) is 0. The monoisotopic (exact) mass is 240 g/mol. The molecule has 1 aromatic rings. The molecule has 0 saturated carbocycles. The number of fused-ring (bicyclic) bond motifs is 1. The van der Waals surface area contributed by atoms with Crippen LogP contribution in [0, 0.1) is 5.92 Å². The number of hydrogen-bond donors (Lipinski definition) is 1. The predicted molar refractivity (Wildman–Crippen MR) is 67.8 cm³/mol. The number of benzene rings is 1. The number of para-hydroxylation sites is 1. The highest BCUT2D eigenvalue weighted by Gasteiger charge is 2.34. The fraction of sp³-hybridized carbons (Fsp3) is 0.417. The van der Waals surface area contributed by atoms with Crippen LogP contribution in [0.5, 0.6) is 0 Å². The van der Waals surface area contributed by atoms with E-state index >= 15 is 0 Å². The van der Waals surface area contributed by atoms with Crippen molar-refractivity contribution in [1.82, 2.24) is 0 Å². The number of halogens is 1. The maximum absolute atomic E-state index is 11.9. The topological polar surface area (TPSA) is 46.3 Å². The van der Waals surface area contributed by atoms with Gasteiger partial charge in [-0.15, -0.1) is 12.4 Å². The minimum Gasteiger partial charge on any atom is -0.316 e. The third-order valence-electron chi connectivity index (χ3n) is 2.64. The van der Waals surface area contributed by atoms with Crippen LogP contribution >= 0.6 is 12.4 Å². The van der Waals surface area contributed by atoms with Crippen molar-refractivity contribution in [2.75, 3.05) is 11.4 Å². The lowest BCUT2D eigenvalue weighted by molar-refractivity contribution is -0.119. The van der Waals surface area contributed by atoms with E-state index in [1.807, 2.05) is 24.3 Å². The number of rotatable bonds is 2. The first-order valence-corrected chi connectivity index (χ1v) is 5.27. The second kappa shape index (κ2) is 4.85. The first kappa shape index (κ1) is 13.0. The van der Waals surface area contributed by atoms with Crippen LogP contribution in [0.3, 0.4) is 0 Å². The minimum atomic E-state index is -0.472.